The molecule has 1 atom stereocenters. The summed E-state index contributed by atoms with van der Waals surface area (Å²) in [7, 11) is -1.87. The number of sulfone groups is 1. The van der Waals surface area contributed by atoms with Crippen LogP contribution in [0.3, 0.4) is 0 Å². The van der Waals surface area contributed by atoms with Gasteiger partial charge in [-0.25, -0.2) is 8.42 Å². The Balaban J connectivity index is 2.35. The number of nitrogens with zero attached hydrogens (tertiary/aromatic N) is 2. The number of methoxy groups -OCH3 is 1. The Bertz CT molecular complexity index is 772. The van der Waals surface area contributed by atoms with Gasteiger partial charge >= 0.3 is 6.61 Å². The summed E-state index contributed by atoms with van der Waals surface area (Å²) >= 11 is 0. The van der Waals surface area contributed by atoms with Gasteiger partial charge in [0.25, 0.3) is 5.69 Å². The maximum Gasteiger partial charge on any atom is 0.387 e. The molecule has 146 valence electrons. The number of nitro groups is 1. The predicted molar refractivity (Wildman–Crippen MR) is 89.4 cm³/mol. The lowest BCUT2D eigenvalue weighted by molar-refractivity contribution is -0.385. The zero-order chi connectivity index (χ0) is 19.5. The van der Waals surface area contributed by atoms with Gasteiger partial charge in [-0.15, -0.1) is 0 Å². The van der Waals surface area contributed by atoms with Gasteiger partial charge in [-0.05, 0) is 19.0 Å². The Hall–Kier alpha value is -2.01. The summed E-state index contributed by atoms with van der Waals surface area (Å²) < 4.78 is 57.7. The molecule has 0 saturated carbocycles. The summed E-state index contributed by atoms with van der Waals surface area (Å²) in [6.45, 7) is -0.750. The third-order valence-electron chi connectivity index (χ3n) is 4.28. The molecule has 8 nitrogen and oxygen atoms in total. The Morgan fingerprint density at radius 3 is 2.54 bits per heavy atom. The lowest BCUT2D eigenvalue weighted by Gasteiger charge is -2.26. The topological polar surface area (TPSA) is 99.0 Å². The lowest BCUT2D eigenvalue weighted by Crippen LogP contribution is -2.35. The molecular weight excluding hydrogens is 374 g/mol. The number of nitro benzene ring substituents is 1. The molecule has 1 fully saturated rings. The first kappa shape index (κ1) is 20.3. The van der Waals surface area contributed by atoms with Crippen molar-refractivity contribution in [1.82, 2.24) is 4.90 Å². The summed E-state index contributed by atoms with van der Waals surface area (Å²) in [6, 6.07) is 1.94. The summed E-state index contributed by atoms with van der Waals surface area (Å²) in [4.78, 5) is 12.5. The molecule has 1 aliphatic rings. The van der Waals surface area contributed by atoms with Gasteiger partial charge in [0.05, 0.1) is 29.6 Å². The molecule has 0 N–H and O–H groups in total. The highest BCUT2D eigenvalue weighted by Gasteiger charge is 2.33. The molecule has 0 spiro atoms. The largest absolute Gasteiger partial charge is 0.493 e. The fraction of sp³-hybridized carbons (Fsp3) is 0.600. The molecule has 1 heterocycles. The van der Waals surface area contributed by atoms with Gasteiger partial charge in [-0.3, -0.25) is 15.0 Å². The second-order valence-electron chi connectivity index (χ2n) is 5.89. The maximum absolute atomic E-state index is 12.5. The Morgan fingerprint density at radius 2 is 2.08 bits per heavy atom. The molecule has 11 heteroatoms. The maximum atomic E-state index is 12.5. The van der Waals surface area contributed by atoms with Crippen molar-refractivity contribution in [3.63, 3.8) is 0 Å². The van der Waals surface area contributed by atoms with Crippen LogP contribution in [0, 0.1) is 10.1 Å². The SMILES string of the molecule is CCN(Cc1cc(OC)c(OC(F)F)cc1[N+](=O)[O-])[C@H]1CCS(=O)(=O)C1. The van der Waals surface area contributed by atoms with E-state index in [1.54, 1.807) is 0 Å². The van der Waals surface area contributed by atoms with Crippen LogP contribution in [-0.4, -0.2) is 56.1 Å². The van der Waals surface area contributed by atoms with Crippen molar-refractivity contribution in [1.29, 1.82) is 0 Å². The molecule has 0 amide bonds. The van der Waals surface area contributed by atoms with Crippen LogP contribution in [0.1, 0.15) is 18.9 Å². The van der Waals surface area contributed by atoms with E-state index in [-0.39, 0.29) is 41.1 Å². The summed E-state index contributed by atoms with van der Waals surface area (Å²) in [5, 5.41) is 11.4. The van der Waals surface area contributed by atoms with Crippen LogP contribution in [-0.2, 0) is 16.4 Å². The quantitative estimate of drug-likeness (QED) is 0.492. The molecule has 0 aromatic heterocycles. The van der Waals surface area contributed by atoms with Crippen LogP contribution in [0.15, 0.2) is 12.1 Å². The second-order valence-corrected chi connectivity index (χ2v) is 8.12. The molecule has 26 heavy (non-hydrogen) atoms. The molecule has 0 unspecified atom stereocenters. The van der Waals surface area contributed by atoms with Crippen LogP contribution in [0.25, 0.3) is 0 Å². The van der Waals surface area contributed by atoms with Gasteiger partial charge in [0.15, 0.2) is 21.3 Å². The molecule has 1 aliphatic heterocycles. The van der Waals surface area contributed by atoms with E-state index in [4.69, 9.17) is 4.74 Å². The summed E-state index contributed by atoms with van der Waals surface area (Å²) in [5.74, 6) is -0.399. The minimum Gasteiger partial charge on any atom is -0.493 e. The monoisotopic (exact) mass is 394 g/mol. The smallest absolute Gasteiger partial charge is 0.387 e. The Labute approximate surface area is 149 Å². The van der Waals surface area contributed by atoms with E-state index >= 15 is 0 Å². The zero-order valence-corrected chi connectivity index (χ0v) is 15.2. The van der Waals surface area contributed by atoms with Gasteiger partial charge in [0, 0.05) is 18.2 Å². The van der Waals surface area contributed by atoms with E-state index in [9.17, 15) is 27.3 Å². The van der Waals surface area contributed by atoms with E-state index in [1.807, 2.05) is 11.8 Å². The van der Waals surface area contributed by atoms with E-state index in [0.717, 1.165) is 6.07 Å². The molecule has 0 bridgehead atoms. The van der Waals surface area contributed by atoms with Crippen molar-refractivity contribution in [2.45, 2.75) is 32.5 Å². The second kappa shape index (κ2) is 8.12. The van der Waals surface area contributed by atoms with Gasteiger partial charge in [0.1, 0.15) is 0 Å². The molecule has 2 rings (SSSR count). The Morgan fingerprint density at radius 1 is 1.38 bits per heavy atom. The number of halogens is 2. The average Bonchev–Trinajstić information content (AvgIpc) is 2.92. The van der Waals surface area contributed by atoms with Gasteiger partial charge in [-0.2, -0.15) is 8.78 Å². The summed E-state index contributed by atoms with van der Waals surface area (Å²) in [6.07, 6.45) is 0.452. The molecular formula is C15H20F2N2O6S. The van der Waals surface area contributed by atoms with Crippen LogP contribution in [0.4, 0.5) is 14.5 Å². The van der Waals surface area contributed by atoms with E-state index in [2.05, 4.69) is 4.74 Å². The van der Waals surface area contributed by atoms with E-state index < -0.39 is 27.1 Å². The first-order valence-corrected chi connectivity index (χ1v) is 9.73. The number of rotatable bonds is 8. The number of ether oxygens (including phenoxy) is 2. The van der Waals surface area contributed by atoms with Crippen LogP contribution < -0.4 is 9.47 Å². The standard InChI is InChI=1S/C15H20F2N2O6S/c1-3-18(11-4-5-26(22,23)9-11)8-10-6-13(24-2)14(25-15(16)17)7-12(10)19(20)21/h6-7,11,15H,3-5,8-9H2,1-2H3/t11-/m0/s1. The van der Waals surface area contributed by atoms with Gasteiger partial charge in [0.2, 0.25) is 0 Å². The Kier molecular flexibility index (Phi) is 6.34. The minimum absolute atomic E-state index is 0.00164. The van der Waals surface area contributed by atoms with Crippen LogP contribution >= 0.6 is 0 Å². The number of hydrogen-bond donors (Lipinski definition) is 0. The average molecular weight is 394 g/mol. The molecule has 1 saturated heterocycles. The van der Waals surface area contributed by atoms with Gasteiger partial charge in [-0.1, -0.05) is 6.92 Å². The number of alkyl halides is 2. The predicted octanol–water partition coefficient (Wildman–Crippen LogP) is 2.21. The lowest BCUT2D eigenvalue weighted by atomic mass is 10.1. The number of benzene rings is 1. The van der Waals surface area contributed by atoms with Gasteiger partial charge < -0.3 is 9.47 Å². The highest BCUT2D eigenvalue weighted by molar-refractivity contribution is 7.91. The van der Waals surface area contributed by atoms with Crippen molar-refractivity contribution < 1.29 is 31.6 Å². The van der Waals surface area contributed by atoms with Crippen molar-refractivity contribution in [2.24, 2.45) is 0 Å². The van der Waals surface area contributed by atoms with Crippen LogP contribution in [0.5, 0.6) is 11.5 Å². The fourth-order valence-electron chi connectivity index (χ4n) is 3.02. The van der Waals surface area contributed by atoms with Crippen molar-refractivity contribution in [3.05, 3.63) is 27.8 Å². The first-order chi connectivity index (χ1) is 12.2. The van der Waals surface area contributed by atoms with E-state index in [0.29, 0.717) is 13.0 Å². The van der Waals surface area contributed by atoms with E-state index in [1.165, 1.54) is 13.2 Å². The van der Waals surface area contributed by atoms with Crippen molar-refractivity contribution >= 4 is 15.5 Å². The third kappa shape index (κ3) is 4.79. The molecule has 0 aliphatic carbocycles. The third-order valence-corrected chi connectivity index (χ3v) is 6.03. The summed E-state index contributed by atoms with van der Waals surface area (Å²) in [5.41, 5.74) is -0.152. The normalized spacial score (nSPS) is 19.1. The zero-order valence-electron chi connectivity index (χ0n) is 14.4. The molecule has 0 radical (unpaired) electrons. The van der Waals surface area contributed by atoms with Crippen molar-refractivity contribution in [3.8, 4) is 11.5 Å². The molecule has 1 aromatic carbocycles. The highest BCUT2D eigenvalue weighted by atomic mass is 32.2. The van der Waals surface area contributed by atoms with Crippen molar-refractivity contribution in [2.75, 3.05) is 25.2 Å². The first-order valence-electron chi connectivity index (χ1n) is 7.91. The highest BCUT2D eigenvalue weighted by Crippen LogP contribution is 2.36. The minimum atomic E-state index is -3.15. The molecule has 1 aromatic rings. The fourth-order valence-corrected chi connectivity index (χ4v) is 4.78. The van der Waals surface area contributed by atoms with Crippen LogP contribution in [0.2, 0.25) is 0 Å². The number of hydrogen-bond acceptors (Lipinski definition) is 7.